The van der Waals surface area contributed by atoms with E-state index in [4.69, 9.17) is 4.74 Å². The number of anilines is 1. The van der Waals surface area contributed by atoms with E-state index in [0.29, 0.717) is 5.56 Å². The molecule has 0 saturated heterocycles. The monoisotopic (exact) mass is 323 g/mol. The molecule has 0 aliphatic rings. The fourth-order valence-corrected chi connectivity index (χ4v) is 2.24. The molecular formula is C15H15BrFNO. The van der Waals surface area contributed by atoms with Crippen molar-refractivity contribution in [1.29, 1.82) is 0 Å². The average molecular weight is 324 g/mol. The van der Waals surface area contributed by atoms with Crippen LogP contribution in [0.1, 0.15) is 18.5 Å². The van der Waals surface area contributed by atoms with Gasteiger partial charge in [0.2, 0.25) is 0 Å². The van der Waals surface area contributed by atoms with Crippen LogP contribution in [-0.4, -0.2) is 7.11 Å². The second kappa shape index (κ2) is 6.06. The van der Waals surface area contributed by atoms with Crippen molar-refractivity contribution in [2.45, 2.75) is 13.0 Å². The van der Waals surface area contributed by atoms with Crippen LogP contribution < -0.4 is 10.1 Å². The SMILES string of the molecule is COc1ccc(Br)c(NC(C)c2ccccc2F)c1. The Morgan fingerprint density at radius 2 is 1.95 bits per heavy atom. The van der Waals surface area contributed by atoms with E-state index in [1.807, 2.05) is 31.2 Å². The fraction of sp³-hybridized carbons (Fsp3) is 0.200. The summed E-state index contributed by atoms with van der Waals surface area (Å²) in [5.74, 6) is 0.549. The molecule has 1 unspecified atom stereocenters. The van der Waals surface area contributed by atoms with Crippen LogP contribution in [0, 0.1) is 5.82 Å². The first kappa shape index (κ1) is 13.9. The van der Waals surface area contributed by atoms with Gasteiger partial charge in [-0.1, -0.05) is 18.2 Å². The molecule has 4 heteroatoms. The summed E-state index contributed by atoms with van der Waals surface area (Å²) >= 11 is 3.47. The third kappa shape index (κ3) is 3.26. The molecule has 0 fully saturated rings. The second-order valence-electron chi connectivity index (χ2n) is 4.23. The first-order valence-electron chi connectivity index (χ1n) is 5.96. The van der Waals surface area contributed by atoms with Gasteiger partial charge in [-0.05, 0) is 41.1 Å². The summed E-state index contributed by atoms with van der Waals surface area (Å²) in [5, 5.41) is 3.28. The molecule has 0 aliphatic heterocycles. The highest BCUT2D eigenvalue weighted by Crippen LogP contribution is 2.30. The van der Waals surface area contributed by atoms with Crippen molar-refractivity contribution < 1.29 is 9.13 Å². The highest BCUT2D eigenvalue weighted by Gasteiger charge is 2.11. The van der Waals surface area contributed by atoms with Crippen molar-refractivity contribution in [3.05, 3.63) is 58.3 Å². The topological polar surface area (TPSA) is 21.3 Å². The van der Waals surface area contributed by atoms with E-state index >= 15 is 0 Å². The summed E-state index contributed by atoms with van der Waals surface area (Å²) in [4.78, 5) is 0. The van der Waals surface area contributed by atoms with Crippen LogP contribution in [0.3, 0.4) is 0 Å². The minimum atomic E-state index is -0.207. The summed E-state index contributed by atoms with van der Waals surface area (Å²) in [7, 11) is 1.62. The lowest BCUT2D eigenvalue weighted by molar-refractivity contribution is 0.415. The predicted octanol–water partition coefficient (Wildman–Crippen LogP) is 4.77. The predicted molar refractivity (Wildman–Crippen MR) is 79.1 cm³/mol. The summed E-state index contributed by atoms with van der Waals surface area (Å²) in [6.07, 6.45) is 0. The molecule has 0 bridgehead atoms. The lowest BCUT2D eigenvalue weighted by Crippen LogP contribution is -2.09. The van der Waals surface area contributed by atoms with Gasteiger partial charge in [-0.3, -0.25) is 0 Å². The Hall–Kier alpha value is -1.55. The third-order valence-electron chi connectivity index (χ3n) is 2.92. The average Bonchev–Trinajstić information content (AvgIpc) is 2.41. The van der Waals surface area contributed by atoms with Gasteiger partial charge >= 0.3 is 0 Å². The molecule has 0 radical (unpaired) electrons. The summed E-state index contributed by atoms with van der Waals surface area (Å²) < 4.78 is 19.8. The van der Waals surface area contributed by atoms with Crippen molar-refractivity contribution in [2.75, 3.05) is 12.4 Å². The van der Waals surface area contributed by atoms with E-state index in [0.717, 1.165) is 15.9 Å². The van der Waals surface area contributed by atoms with Crippen LogP contribution >= 0.6 is 15.9 Å². The molecule has 2 aromatic carbocycles. The minimum Gasteiger partial charge on any atom is -0.497 e. The molecule has 0 spiro atoms. The van der Waals surface area contributed by atoms with Crippen LogP contribution in [0.15, 0.2) is 46.9 Å². The normalized spacial score (nSPS) is 12.0. The molecule has 0 aliphatic carbocycles. The molecule has 0 heterocycles. The molecule has 1 N–H and O–H groups in total. The van der Waals surface area contributed by atoms with Crippen LogP contribution in [0.4, 0.5) is 10.1 Å². The van der Waals surface area contributed by atoms with Crippen LogP contribution in [0.5, 0.6) is 5.75 Å². The molecule has 2 aromatic rings. The number of rotatable bonds is 4. The highest BCUT2D eigenvalue weighted by atomic mass is 79.9. The van der Waals surface area contributed by atoms with E-state index in [9.17, 15) is 4.39 Å². The van der Waals surface area contributed by atoms with E-state index in [1.165, 1.54) is 6.07 Å². The quantitative estimate of drug-likeness (QED) is 0.875. The molecule has 0 amide bonds. The number of ether oxygens (including phenoxy) is 1. The standard InChI is InChI=1S/C15H15BrFNO/c1-10(12-5-3-4-6-14(12)17)18-15-9-11(19-2)7-8-13(15)16/h3-10,18H,1-2H3. The van der Waals surface area contributed by atoms with Gasteiger partial charge in [-0.2, -0.15) is 0 Å². The lowest BCUT2D eigenvalue weighted by atomic mass is 10.1. The molecule has 19 heavy (non-hydrogen) atoms. The zero-order valence-corrected chi connectivity index (χ0v) is 12.4. The number of hydrogen-bond donors (Lipinski definition) is 1. The number of nitrogens with one attached hydrogen (secondary N) is 1. The highest BCUT2D eigenvalue weighted by molar-refractivity contribution is 9.10. The summed E-state index contributed by atoms with van der Waals surface area (Å²) in [5.41, 5.74) is 1.51. The Labute approximate surface area is 120 Å². The molecule has 2 nitrogen and oxygen atoms in total. The molecule has 2 rings (SSSR count). The van der Waals surface area contributed by atoms with E-state index in [-0.39, 0.29) is 11.9 Å². The van der Waals surface area contributed by atoms with Crippen LogP contribution in [0.25, 0.3) is 0 Å². The number of halogens is 2. The summed E-state index contributed by atoms with van der Waals surface area (Å²) in [6, 6.07) is 12.3. The van der Waals surface area contributed by atoms with Gasteiger partial charge in [0.1, 0.15) is 11.6 Å². The lowest BCUT2D eigenvalue weighted by Gasteiger charge is -2.18. The first-order valence-corrected chi connectivity index (χ1v) is 6.75. The van der Waals surface area contributed by atoms with Gasteiger partial charge in [-0.15, -0.1) is 0 Å². The van der Waals surface area contributed by atoms with Crippen molar-refractivity contribution in [1.82, 2.24) is 0 Å². The molecule has 0 aromatic heterocycles. The Morgan fingerprint density at radius 3 is 2.63 bits per heavy atom. The van der Waals surface area contributed by atoms with Gasteiger partial charge in [0, 0.05) is 16.1 Å². The Morgan fingerprint density at radius 1 is 1.21 bits per heavy atom. The number of benzene rings is 2. The summed E-state index contributed by atoms with van der Waals surface area (Å²) in [6.45, 7) is 1.92. The fourth-order valence-electron chi connectivity index (χ4n) is 1.88. The van der Waals surface area contributed by atoms with Crippen molar-refractivity contribution in [3.63, 3.8) is 0 Å². The van der Waals surface area contributed by atoms with Crippen molar-refractivity contribution in [3.8, 4) is 5.75 Å². The number of hydrogen-bond acceptors (Lipinski definition) is 2. The van der Waals surface area contributed by atoms with Gasteiger partial charge < -0.3 is 10.1 Å². The second-order valence-corrected chi connectivity index (χ2v) is 5.09. The zero-order valence-electron chi connectivity index (χ0n) is 10.8. The first-order chi connectivity index (χ1) is 9.11. The molecular weight excluding hydrogens is 309 g/mol. The van der Waals surface area contributed by atoms with E-state index < -0.39 is 0 Å². The van der Waals surface area contributed by atoms with Gasteiger partial charge in [0.25, 0.3) is 0 Å². The van der Waals surface area contributed by atoms with Crippen molar-refractivity contribution >= 4 is 21.6 Å². The maximum atomic E-state index is 13.7. The zero-order chi connectivity index (χ0) is 13.8. The number of methoxy groups -OCH3 is 1. The third-order valence-corrected chi connectivity index (χ3v) is 3.61. The Balaban J connectivity index is 2.24. The molecule has 0 saturated carbocycles. The van der Waals surface area contributed by atoms with Crippen molar-refractivity contribution in [2.24, 2.45) is 0 Å². The maximum Gasteiger partial charge on any atom is 0.128 e. The van der Waals surface area contributed by atoms with Gasteiger partial charge in [-0.25, -0.2) is 4.39 Å². The molecule has 1 atom stereocenters. The van der Waals surface area contributed by atoms with Crippen LogP contribution in [-0.2, 0) is 0 Å². The maximum absolute atomic E-state index is 13.7. The minimum absolute atomic E-state index is 0.135. The Kier molecular flexibility index (Phi) is 4.43. The largest absolute Gasteiger partial charge is 0.497 e. The molecule has 100 valence electrons. The van der Waals surface area contributed by atoms with Gasteiger partial charge in [0.15, 0.2) is 0 Å². The Bertz CT molecular complexity index is 574. The van der Waals surface area contributed by atoms with E-state index in [1.54, 1.807) is 19.2 Å². The van der Waals surface area contributed by atoms with Crippen LogP contribution in [0.2, 0.25) is 0 Å². The van der Waals surface area contributed by atoms with Gasteiger partial charge in [0.05, 0.1) is 18.8 Å². The smallest absolute Gasteiger partial charge is 0.128 e. The van der Waals surface area contributed by atoms with E-state index in [2.05, 4.69) is 21.2 Å².